The first-order valence-electron chi connectivity index (χ1n) is 8.82. The molecule has 0 unspecified atom stereocenters. The summed E-state index contributed by atoms with van der Waals surface area (Å²) in [7, 11) is 3.45. The number of anilines is 1. The number of hydrogen-bond acceptors (Lipinski definition) is 5. The second-order valence-corrected chi connectivity index (χ2v) is 6.38. The molecular weight excluding hydrogens is 338 g/mol. The maximum atomic E-state index is 7.60. The first-order valence-corrected chi connectivity index (χ1v) is 8.82. The molecule has 3 rings (SSSR count). The van der Waals surface area contributed by atoms with Crippen molar-refractivity contribution < 1.29 is 4.84 Å². The van der Waals surface area contributed by atoms with E-state index >= 15 is 0 Å². The fourth-order valence-electron chi connectivity index (χ4n) is 3.28. The predicted molar refractivity (Wildman–Crippen MR) is 111 cm³/mol. The van der Waals surface area contributed by atoms with E-state index in [9.17, 15) is 0 Å². The van der Waals surface area contributed by atoms with Gasteiger partial charge in [-0.2, -0.15) is 0 Å². The topological polar surface area (TPSA) is 75.0 Å². The molecule has 0 aliphatic heterocycles. The molecule has 27 heavy (non-hydrogen) atoms. The predicted octanol–water partition coefficient (Wildman–Crippen LogP) is 3.97. The molecule has 0 bridgehead atoms. The van der Waals surface area contributed by atoms with Crippen LogP contribution in [0.15, 0.2) is 48.0 Å². The number of aryl methyl sites for hydroxylation is 1. The summed E-state index contributed by atoms with van der Waals surface area (Å²) in [5, 5.41) is 10.8. The molecular formula is C21H25N5O. The Morgan fingerprint density at radius 1 is 1.26 bits per heavy atom. The summed E-state index contributed by atoms with van der Waals surface area (Å²) < 4.78 is 2.20. The molecule has 6 nitrogen and oxygen atoms in total. The van der Waals surface area contributed by atoms with Crippen molar-refractivity contribution in [2.24, 2.45) is 0 Å². The monoisotopic (exact) mass is 363 g/mol. The summed E-state index contributed by atoms with van der Waals surface area (Å²) in [5.74, 6) is 0.934. The standard InChI is InChI=1S/C21H25N5O/c1-14(12-22)20(23-3)17-10-18(25-27-4)21-19(11-17)26(15(2)24-21)13-16-8-6-5-7-9-16/h5-12,22-23,25H,13H2,1-4H3/b20-14-,22-12?. The average molecular weight is 363 g/mol. The first kappa shape index (κ1) is 18.7. The number of aromatic nitrogens is 2. The Kier molecular flexibility index (Phi) is 5.57. The van der Waals surface area contributed by atoms with Gasteiger partial charge >= 0.3 is 0 Å². The highest BCUT2D eigenvalue weighted by Crippen LogP contribution is 2.30. The van der Waals surface area contributed by atoms with Crippen LogP contribution in [0.3, 0.4) is 0 Å². The van der Waals surface area contributed by atoms with Gasteiger partial charge in [0.15, 0.2) is 0 Å². The maximum absolute atomic E-state index is 7.60. The molecule has 3 N–H and O–H groups in total. The van der Waals surface area contributed by atoms with Crippen LogP contribution in [0.5, 0.6) is 0 Å². The Morgan fingerprint density at radius 2 is 2.00 bits per heavy atom. The molecule has 0 aliphatic rings. The van der Waals surface area contributed by atoms with Gasteiger partial charge in [0.1, 0.15) is 11.3 Å². The van der Waals surface area contributed by atoms with Gasteiger partial charge in [0.25, 0.3) is 0 Å². The largest absolute Gasteiger partial charge is 0.387 e. The van der Waals surface area contributed by atoms with Gasteiger partial charge in [-0.15, -0.1) is 0 Å². The lowest BCUT2D eigenvalue weighted by Crippen LogP contribution is -2.09. The number of fused-ring (bicyclic) bond motifs is 1. The van der Waals surface area contributed by atoms with Gasteiger partial charge in [-0.1, -0.05) is 30.3 Å². The van der Waals surface area contributed by atoms with E-state index in [1.54, 1.807) is 7.11 Å². The molecule has 0 spiro atoms. The zero-order valence-corrected chi connectivity index (χ0v) is 16.1. The molecule has 1 heterocycles. The minimum Gasteiger partial charge on any atom is -0.387 e. The Bertz CT molecular complexity index is 989. The summed E-state index contributed by atoms with van der Waals surface area (Å²) in [4.78, 5) is 9.94. The summed E-state index contributed by atoms with van der Waals surface area (Å²) in [6, 6.07) is 14.4. The van der Waals surface area contributed by atoms with Crippen LogP contribution in [0.4, 0.5) is 5.69 Å². The van der Waals surface area contributed by atoms with Crippen molar-refractivity contribution in [2.75, 3.05) is 19.6 Å². The Labute approximate surface area is 159 Å². The molecule has 0 amide bonds. The summed E-state index contributed by atoms with van der Waals surface area (Å²) in [6.45, 7) is 4.66. The van der Waals surface area contributed by atoms with E-state index in [-0.39, 0.29) is 0 Å². The molecule has 0 aliphatic carbocycles. The average Bonchev–Trinajstić information content (AvgIpc) is 2.99. The number of imidazole rings is 1. The van der Waals surface area contributed by atoms with E-state index in [1.165, 1.54) is 11.8 Å². The van der Waals surface area contributed by atoms with Gasteiger partial charge in [-0.3, -0.25) is 10.3 Å². The fourth-order valence-corrected chi connectivity index (χ4v) is 3.28. The van der Waals surface area contributed by atoms with Gasteiger partial charge in [0.2, 0.25) is 0 Å². The Hall–Kier alpha value is -3.12. The highest BCUT2D eigenvalue weighted by molar-refractivity contribution is 5.95. The maximum Gasteiger partial charge on any atom is 0.114 e. The van der Waals surface area contributed by atoms with Gasteiger partial charge in [-0.05, 0) is 37.1 Å². The van der Waals surface area contributed by atoms with Crippen molar-refractivity contribution in [3.05, 3.63) is 65.0 Å². The SMILES string of the molecule is CN/C(=C(/C)C=N)c1cc(NOC)c2nc(C)n(Cc3ccccc3)c2c1. The molecule has 3 aromatic rings. The van der Waals surface area contributed by atoms with Crippen molar-refractivity contribution in [1.29, 1.82) is 5.41 Å². The molecule has 0 atom stereocenters. The van der Waals surface area contributed by atoms with Crippen LogP contribution in [0, 0.1) is 12.3 Å². The van der Waals surface area contributed by atoms with Gasteiger partial charge in [0.05, 0.1) is 18.3 Å². The number of benzene rings is 2. The summed E-state index contributed by atoms with van der Waals surface area (Å²) in [6.07, 6.45) is 1.35. The Balaban J connectivity index is 2.23. The third-order valence-corrected chi connectivity index (χ3v) is 4.59. The fraction of sp³-hybridized carbons (Fsp3) is 0.238. The minimum atomic E-state index is 0.737. The highest BCUT2D eigenvalue weighted by atomic mass is 16.6. The van der Waals surface area contributed by atoms with Crippen molar-refractivity contribution in [2.45, 2.75) is 20.4 Å². The highest BCUT2D eigenvalue weighted by Gasteiger charge is 2.15. The lowest BCUT2D eigenvalue weighted by molar-refractivity contribution is 0.271. The minimum absolute atomic E-state index is 0.737. The van der Waals surface area contributed by atoms with Crippen molar-refractivity contribution in [3.63, 3.8) is 0 Å². The zero-order valence-electron chi connectivity index (χ0n) is 16.1. The van der Waals surface area contributed by atoms with Crippen LogP contribution in [0.25, 0.3) is 16.7 Å². The van der Waals surface area contributed by atoms with Gasteiger partial charge in [0, 0.05) is 31.1 Å². The lowest BCUT2D eigenvalue weighted by Gasteiger charge is -2.14. The van der Waals surface area contributed by atoms with Crippen LogP contribution >= 0.6 is 0 Å². The van der Waals surface area contributed by atoms with Gasteiger partial charge < -0.3 is 15.3 Å². The van der Waals surface area contributed by atoms with Crippen LogP contribution in [-0.2, 0) is 11.4 Å². The van der Waals surface area contributed by atoms with E-state index in [0.29, 0.717) is 0 Å². The molecule has 2 aromatic carbocycles. The van der Waals surface area contributed by atoms with Crippen molar-refractivity contribution in [1.82, 2.24) is 14.9 Å². The molecule has 0 radical (unpaired) electrons. The molecule has 6 heteroatoms. The van der Waals surface area contributed by atoms with Gasteiger partial charge in [-0.25, -0.2) is 4.98 Å². The van der Waals surface area contributed by atoms with E-state index < -0.39 is 0 Å². The molecule has 1 aromatic heterocycles. The molecule has 0 saturated carbocycles. The number of hydrogen-bond donors (Lipinski definition) is 3. The molecule has 0 fully saturated rings. The Morgan fingerprint density at radius 3 is 2.63 bits per heavy atom. The van der Waals surface area contributed by atoms with Crippen molar-refractivity contribution in [3.8, 4) is 0 Å². The number of allylic oxidation sites excluding steroid dienone is 1. The van der Waals surface area contributed by atoms with Crippen LogP contribution in [0.2, 0.25) is 0 Å². The smallest absolute Gasteiger partial charge is 0.114 e. The quantitative estimate of drug-likeness (QED) is 0.439. The second-order valence-electron chi connectivity index (χ2n) is 6.38. The normalized spacial score (nSPS) is 12.0. The van der Waals surface area contributed by atoms with E-state index in [0.717, 1.165) is 45.9 Å². The molecule has 140 valence electrons. The van der Waals surface area contributed by atoms with E-state index in [2.05, 4.69) is 33.6 Å². The number of rotatable bonds is 7. The third kappa shape index (κ3) is 3.71. The summed E-state index contributed by atoms with van der Waals surface area (Å²) in [5.41, 5.74) is 9.55. The van der Waals surface area contributed by atoms with E-state index in [1.807, 2.05) is 45.2 Å². The first-order chi connectivity index (χ1) is 13.1. The van der Waals surface area contributed by atoms with Crippen LogP contribution in [-0.4, -0.2) is 29.9 Å². The second kappa shape index (κ2) is 8.05. The summed E-state index contributed by atoms with van der Waals surface area (Å²) >= 11 is 0. The van der Waals surface area contributed by atoms with Crippen molar-refractivity contribution >= 4 is 28.6 Å². The van der Waals surface area contributed by atoms with Crippen LogP contribution in [0.1, 0.15) is 23.9 Å². The lowest BCUT2D eigenvalue weighted by atomic mass is 10.1. The van der Waals surface area contributed by atoms with E-state index in [4.69, 9.17) is 15.2 Å². The third-order valence-electron chi connectivity index (χ3n) is 4.59. The zero-order chi connectivity index (χ0) is 19.4. The van der Waals surface area contributed by atoms with Crippen LogP contribution < -0.4 is 10.8 Å². The molecule has 0 saturated heterocycles. The number of nitrogens with zero attached hydrogens (tertiary/aromatic N) is 2. The number of nitrogens with one attached hydrogen (secondary N) is 3.